The minimum Gasteiger partial charge on any atom is -0.481 e. The van der Waals surface area contributed by atoms with Crippen LogP contribution in [0.2, 0.25) is 0 Å². The van der Waals surface area contributed by atoms with E-state index in [9.17, 15) is 4.79 Å². The Morgan fingerprint density at radius 2 is 2.31 bits per heavy atom. The summed E-state index contributed by atoms with van der Waals surface area (Å²) < 4.78 is 0. The third-order valence-corrected chi connectivity index (χ3v) is 2.53. The van der Waals surface area contributed by atoms with Gasteiger partial charge < -0.3 is 10.4 Å². The van der Waals surface area contributed by atoms with E-state index in [1.54, 1.807) is 0 Å². The number of carboxylic acid groups (broad SMARTS) is 1. The van der Waals surface area contributed by atoms with Crippen LogP contribution < -0.4 is 5.32 Å². The molecule has 1 aliphatic carbocycles. The van der Waals surface area contributed by atoms with E-state index in [0.717, 1.165) is 18.9 Å². The molecule has 1 fully saturated rings. The van der Waals surface area contributed by atoms with Crippen LogP contribution in [0.25, 0.3) is 0 Å². The van der Waals surface area contributed by atoms with Crippen molar-refractivity contribution in [2.24, 2.45) is 5.92 Å². The van der Waals surface area contributed by atoms with Crippen molar-refractivity contribution in [3.63, 3.8) is 0 Å². The topological polar surface area (TPSA) is 49.3 Å². The Labute approximate surface area is 79.5 Å². The number of nitrogens with one attached hydrogen (secondary N) is 1. The first kappa shape index (κ1) is 10.5. The molecule has 0 spiro atoms. The number of rotatable bonds is 7. The second kappa shape index (κ2) is 5.22. The Morgan fingerprint density at radius 3 is 2.85 bits per heavy atom. The minimum absolute atomic E-state index is 0.275. The molecule has 2 N–H and O–H groups in total. The van der Waals surface area contributed by atoms with E-state index in [4.69, 9.17) is 5.11 Å². The molecule has 3 heteroatoms. The summed E-state index contributed by atoms with van der Waals surface area (Å²) in [6, 6.07) is 0.342. The van der Waals surface area contributed by atoms with Gasteiger partial charge in [-0.25, -0.2) is 0 Å². The normalized spacial score (nSPS) is 18.5. The van der Waals surface area contributed by atoms with Crippen LogP contribution in [0, 0.1) is 5.92 Å². The first-order valence-electron chi connectivity index (χ1n) is 5.13. The average molecular weight is 185 g/mol. The van der Waals surface area contributed by atoms with E-state index >= 15 is 0 Å². The van der Waals surface area contributed by atoms with Gasteiger partial charge in [-0.1, -0.05) is 12.8 Å². The molecule has 1 unspecified atom stereocenters. The second-order valence-corrected chi connectivity index (χ2v) is 4.02. The third kappa shape index (κ3) is 5.64. The van der Waals surface area contributed by atoms with E-state index in [2.05, 4.69) is 12.2 Å². The maximum atomic E-state index is 10.3. The minimum atomic E-state index is -0.698. The molecule has 0 aromatic carbocycles. The van der Waals surface area contributed by atoms with Gasteiger partial charge >= 0.3 is 5.97 Å². The molecule has 1 atom stereocenters. The van der Waals surface area contributed by atoms with Crippen LogP contribution in [-0.4, -0.2) is 23.7 Å². The van der Waals surface area contributed by atoms with Crippen LogP contribution in [0.5, 0.6) is 0 Å². The molecule has 1 saturated carbocycles. The molecule has 0 heterocycles. The summed E-state index contributed by atoms with van der Waals surface area (Å²) in [6.45, 7) is 3.10. The highest BCUT2D eigenvalue weighted by Gasteiger charge is 2.20. The maximum absolute atomic E-state index is 10.3. The molecule has 76 valence electrons. The lowest BCUT2D eigenvalue weighted by Crippen LogP contribution is -2.27. The molecule has 3 nitrogen and oxygen atoms in total. The highest BCUT2D eigenvalue weighted by atomic mass is 16.4. The number of aliphatic carboxylic acids is 1. The molecule has 1 rings (SSSR count). The van der Waals surface area contributed by atoms with E-state index in [0.29, 0.717) is 6.04 Å². The van der Waals surface area contributed by atoms with Gasteiger partial charge in [0.2, 0.25) is 0 Å². The summed E-state index contributed by atoms with van der Waals surface area (Å²) in [7, 11) is 0. The molecule has 0 amide bonds. The lowest BCUT2D eigenvalue weighted by Gasteiger charge is -2.11. The van der Waals surface area contributed by atoms with Gasteiger partial charge in [-0.15, -0.1) is 0 Å². The van der Waals surface area contributed by atoms with Gasteiger partial charge in [0.15, 0.2) is 0 Å². The number of carboxylic acids is 1. The van der Waals surface area contributed by atoms with E-state index < -0.39 is 5.97 Å². The fourth-order valence-corrected chi connectivity index (χ4v) is 1.38. The highest BCUT2D eigenvalue weighted by Crippen LogP contribution is 2.31. The van der Waals surface area contributed by atoms with Crippen molar-refractivity contribution in [2.75, 3.05) is 6.54 Å². The molecular formula is C10H19NO2. The van der Waals surface area contributed by atoms with Crippen molar-refractivity contribution in [1.29, 1.82) is 0 Å². The molecule has 13 heavy (non-hydrogen) atoms. The zero-order valence-electron chi connectivity index (χ0n) is 8.25. The summed E-state index contributed by atoms with van der Waals surface area (Å²) in [6.07, 6.45) is 5.06. The summed E-state index contributed by atoms with van der Waals surface area (Å²) in [5, 5.41) is 11.8. The fraction of sp³-hybridized carbons (Fsp3) is 0.900. The summed E-state index contributed by atoms with van der Waals surface area (Å²) in [5.74, 6) is 0.259. The molecule has 0 aliphatic heterocycles. The quantitative estimate of drug-likeness (QED) is 0.633. The van der Waals surface area contributed by atoms with Gasteiger partial charge in [0.05, 0.1) is 0 Å². The van der Waals surface area contributed by atoms with Crippen molar-refractivity contribution in [3.8, 4) is 0 Å². The van der Waals surface area contributed by atoms with Crippen molar-refractivity contribution < 1.29 is 9.90 Å². The lowest BCUT2D eigenvalue weighted by molar-refractivity contribution is -0.137. The molecular weight excluding hydrogens is 166 g/mol. The Kier molecular flexibility index (Phi) is 4.22. The molecule has 0 aromatic heterocycles. The molecule has 0 radical (unpaired) electrons. The van der Waals surface area contributed by atoms with Gasteiger partial charge in [0, 0.05) is 12.5 Å². The van der Waals surface area contributed by atoms with Crippen LogP contribution in [0.1, 0.15) is 39.0 Å². The molecule has 0 bridgehead atoms. The van der Waals surface area contributed by atoms with Crippen LogP contribution in [0.4, 0.5) is 0 Å². The number of hydrogen-bond acceptors (Lipinski definition) is 2. The van der Waals surface area contributed by atoms with Gasteiger partial charge in [-0.2, -0.15) is 0 Å². The largest absolute Gasteiger partial charge is 0.481 e. The van der Waals surface area contributed by atoms with Gasteiger partial charge in [0.25, 0.3) is 0 Å². The maximum Gasteiger partial charge on any atom is 0.303 e. The Hall–Kier alpha value is -0.570. The van der Waals surface area contributed by atoms with Crippen molar-refractivity contribution in [3.05, 3.63) is 0 Å². The molecule has 1 aliphatic rings. The number of hydrogen-bond donors (Lipinski definition) is 2. The summed E-state index contributed by atoms with van der Waals surface area (Å²) in [4.78, 5) is 10.3. The van der Waals surface area contributed by atoms with Gasteiger partial charge in [-0.3, -0.25) is 4.79 Å². The smallest absolute Gasteiger partial charge is 0.303 e. The van der Waals surface area contributed by atoms with Crippen LogP contribution >= 0.6 is 0 Å². The zero-order valence-corrected chi connectivity index (χ0v) is 8.25. The van der Waals surface area contributed by atoms with Crippen molar-refractivity contribution >= 4 is 5.97 Å². The fourth-order valence-electron chi connectivity index (χ4n) is 1.38. The predicted molar refractivity (Wildman–Crippen MR) is 51.7 cm³/mol. The average Bonchev–Trinajstić information content (AvgIpc) is 2.84. The third-order valence-electron chi connectivity index (χ3n) is 2.53. The summed E-state index contributed by atoms with van der Waals surface area (Å²) >= 11 is 0. The molecule has 0 aromatic rings. The van der Waals surface area contributed by atoms with Gasteiger partial charge in [0.1, 0.15) is 0 Å². The monoisotopic (exact) mass is 185 g/mol. The first-order valence-corrected chi connectivity index (χ1v) is 5.13. The van der Waals surface area contributed by atoms with Crippen molar-refractivity contribution in [2.45, 2.75) is 45.1 Å². The summed E-state index contributed by atoms with van der Waals surface area (Å²) in [5.41, 5.74) is 0. The Bertz CT molecular complexity index is 166. The molecule has 0 saturated heterocycles. The first-order chi connectivity index (χ1) is 6.18. The lowest BCUT2D eigenvalue weighted by atomic mass is 10.2. The Morgan fingerprint density at radius 1 is 1.62 bits per heavy atom. The number of carbonyl (C=O) groups is 1. The second-order valence-electron chi connectivity index (χ2n) is 4.02. The predicted octanol–water partition coefficient (Wildman–Crippen LogP) is 1.63. The van der Waals surface area contributed by atoms with Crippen LogP contribution in [0.3, 0.4) is 0 Å². The van der Waals surface area contributed by atoms with Crippen LogP contribution in [-0.2, 0) is 4.79 Å². The standard InChI is InChI=1S/C10H19NO2/c1-8(2-5-10(12)13)11-7-6-9-3-4-9/h8-9,11H,2-7H2,1H3,(H,12,13). The van der Waals surface area contributed by atoms with E-state index in [1.807, 2.05) is 0 Å². The van der Waals surface area contributed by atoms with E-state index in [1.165, 1.54) is 19.3 Å². The van der Waals surface area contributed by atoms with Crippen molar-refractivity contribution in [1.82, 2.24) is 5.32 Å². The van der Waals surface area contributed by atoms with Crippen LogP contribution in [0.15, 0.2) is 0 Å². The van der Waals surface area contributed by atoms with Gasteiger partial charge in [-0.05, 0) is 32.2 Å². The highest BCUT2D eigenvalue weighted by molar-refractivity contribution is 5.66. The Balaban J connectivity index is 1.89. The SMILES string of the molecule is CC(CCC(=O)O)NCCC1CC1. The van der Waals surface area contributed by atoms with E-state index in [-0.39, 0.29) is 6.42 Å². The zero-order chi connectivity index (χ0) is 9.68.